The maximum absolute atomic E-state index is 8.71. The molecule has 1 aliphatic rings. The summed E-state index contributed by atoms with van der Waals surface area (Å²) in [5.74, 6) is 2.14. The van der Waals surface area contributed by atoms with Gasteiger partial charge in [0.05, 0.1) is 26.9 Å². The minimum atomic E-state index is 0.605. The molecule has 2 rings (SSSR count). The van der Waals surface area contributed by atoms with Crippen molar-refractivity contribution >= 4 is 0 Å². The summed E-state index contributed by atoms with van der Waals surface area (Å²) in [6.07, 6.45) is 2.70. The quantitative estimate of drug-likeness (QED) is 0.597. The number of nitrogens with zero attached hydrogens (tertiary/aromatic N) is 3. The fourth-order valence-electron chi connectivity index (χ4n) is 3.12. The summed E-state index contributed by atoms with van der Waals surface area (Å²) < 4.78 is 17.0. The maximum Gasteiger partial charge on any atom is 0.203 e. The summed E-state index contributed by atoms with van der Waals surface area (Å²) in [6.45, 7) is 8.55. The van der Waals surface area contributed by atoms with E-state index in [9.17, 15) is 0 Å². The van der Waals surface area contributed by atoms with Crippen LogP contribution in [0.1, 0.15) is 31.7 Å². The maximum atomic E-state index is 8.71. The fraction of sp³-hybridized carbons (Fsp3) is 0.650. The SMILES string of the molecule is CCCCOc1c(OC)cc(CN2CCN(CCC#N)CC2)cc1OC. The molecule has 1 aromatic rings. The van der Waals surface area contributed by atoms with Crippen molar-refractivity contribution in [3.05, 3.63) is 17.7 Å². The lowest BCUT2D eigenvalue weighted by Gasteiger charge is -2.34. The normalized spacial score (nSPS) is 15.5. The van der Waals surface area contributed by atoms with E-state index in [1.165, 1.54) is 0 Å². The molecule has 1 saturated heterocycles. The van der Waals surface area contributed by atoms with E-state index < -0.39 is 0 Å². The molecule has 1 fully saturated rings. The first kappa shape index (κ1) is 20.3. The van der Waals surface area contributed by atoms with Crippen LogP contribution >= 0.6 is 0 Å². The van der Waals surface area contributed by atoms with Crippen LogP contribution in [-0.2, 0) is 6.54 Å². The Morgan fingerprint density at radius 2 is 1.65 bits per heavy atom. The summed E-state index contributed by atoms with van der Waals surface area (Å²) in [4.78, 5) is 4.78. The third-order valence-electron chi connectivity index (χ3n) is 4.68. The molecular weight excluding hydrogens is 330 g/mol. The molecule has 26 heavy (non-hydrogen) atoms. The minimum Gasteiger partial charge on any atom is -0.493 e. The van der Waals surface area contributed by atoms with Gasteiger partial charge in [-0.3, -0.25) is 9.80 Å². The summed E-state index contributed by atoms with van der Waals surface area (Å²) in [6, 6.07) is 6.31. The number of benzene rings is 1. The monoisotopic (exact) mass is 361 g/mol. The predicted octanol–water partition coefficient (Wildman–Crippen LogP) is 2.91. The highest BCUT2D eigenvalue weighted by atomic mass is 16.5. The molecule has 0 bridgehead atoms. The van der Waals surface area contributed by atoms with Crippen molar-refractivity contribution < 1.29 is 14.2 Å². The molecule has 144 valence electrons. The Labute approximate surface area is 157 Å². The topological polar surface area (TPSA) is 58.0 Å². The highest BCUT2D eigenvalue weighted by Crippen LogP contribution is 2.39. The Kier molecular flexibility index (Phi) is 8.52. The molecule has 6 nitrogen and oxygen atoms in total. The number of hydrogen-bond acceptors (Lipinski definition) is 6. The zero-order valence-electron chi connectivity index (χ0n) is 16.3. The van der Waals surface area contributed by atoms with Gasteiger partial charge in [0.1, 0.15) is 0 Å². The van der Waals surface area contributed by atoms with Gasteiger partial charge in [0.15, 0.2) is 11.5 Å². The van der Waals surface area contributed by atoms with E-state index in [0.29, 0.717) is 18.8 Å². The van der Waals surface area contributed by atoms with Crippen LogP contribution < -0.4 is 14.2 Å². The molecule has 0 N–H and O–H groups in total. The van der Waals surface area contributed by atoms with Crippen molar-refractivity contribution in [1.29, 1.82) is 5.26 Å². The van der Waals surface area contributed by atoms with Gasteiger partial charge in [-0.2, -0.15) is 5.26 Å². The van der Waals surface area contributed by atoms with Gasteiger partial charge in [0.25, 0.3) is 0 Å². The zero-order valence-corrected chi connectivity index (χ0v) is 16.3. The number of piperazine rings is 1. The van der Waals surface area contributed by atoms with Gasteiger partial charge < -0.3 is 14.2 Å². The summed E-state index contributed by atoms with van der Waals surface area (Å²) in [5.41, 5.74) is 1.16. The van der Waals surface area contributed by atoms with E-state index >= 15 is 0 Å². The van der Waals surface area contributed by atoms with E-state index in [1.54, 1.807) is 14.2 Å². The van der Waals surface area contributed by atoms with Crippen molar-refractivity contribution in [3.8, 4) is 23.3 Å². The molecule has 1 aliphatic heterocycles. The number of ether oxygens (including phenoxy) is 3. The average molecular weight is 361 g/mol. The standard InChI is InChI=1S/C20H31N3O3/c1-4-5-13-26-20-18(24-2)14-17(15-19(20)25-3)16-23-11-9-22(10-12-23)8-6-7-21/h14-15H,4-6,8-13,16H2,1-3H3. The van der Waals surface area contributed by atoms with Gasteiger partial charge in [-0.05, 0) is 24.1 Å². The van der Waals surface area contributed by atoms with Gasteiger partial charge in [-0.15, -0.1) is 0 Å². The fourth-order valence-corrected chi connectivity index (χ4v) is 3.12. The van der Waals surface area contributed by atoms with Crippen molar-refractivity contribution in [1.82, 2.24) is 9.80 Å². The van der Waals surface area contributed by atoms with Crippen molar-refractivity contribution in [3.63, 3.8) is 0 Å². The summed E-state index contributed by atoms with van der Waals surface area (Å²) in [7, 11) is 3.33. The second kappa shape index (κ2) is 10.9. The van der Waals surface area contributed by atoms with Gasteiger partial charge in [-0.1, -0.05) is 13.3 Å². The third-order valence-corrected chi connectivity index (χ3v) is 4.68. The molecule has 0 aromatic heterocycles. The average Bonchev–Trinajstić information content (AvgIpc) is 2.68. The number of unbranched alkanes of at least 4 members (excludes halogenated alkanes) is 1. The van der Waals surface area contributed by atoms with Crippen molar-refractivity contribution in [2.75, 3.05) is 53.6 Å². The molecule has 0 spiro atoms. The third kappa shape index (κ3) is 5.79. The molecule has 0 aliphatic carbocycles. The second-order valence-corrected chi connectivity index (χ2v) is 6.56. The minimum absolute atomic E-state index is 0.605. The lowest BCUT2D eigenvalue weighted by Crippen LogP contribution is -2.46. The molecule has 0 saturated carbocycles. The van der Waals surface area contributed by atoms with Gasteiger partial charge in [0.2, 0.25) is 5.75 Å². The van der Waals surface area contributed by atoms with Crippen LogP contribution in [0.5, 0.6) is 17.2 Å². The predicted molar refractivity (Wildman–Crippen MR) is 102 cm³/mol. The number of nitriles is 1. The molecule has 0 radical (unpaired) electrons. The molecule has 0 amide bonds. The first-order valence-corrected chi connectivity index (χ1v) is 9.41. The van der Waals surface area contributed by atoms with E-state index in [1.807, 2.05) is 12.1 Å². The van der Waals surface area contributed by atoms with E-state index in [4.69, 9.17) is 19.5 Å². The van der Waals surface area contributed by atoms with Crippen LogP contribution in [0.4, 0.5) is 0 Å². The number of rotatable bonds is 10. The Bertz CT molecular complexity index is 567. The molecule has 6 heteroatoms. The molecule has 0 atom stereocenters. The Hall–Kier alpha value is -1.97. The van der Waals surface area contributed by atoms with Crippen LogP contribution in [0.2, 0.25) is 0 Å². The van der Waals surface area contributed by atoms with Gasteiger partial charge in [0, 0.05) is 45.7 Å². The van der Waals surface area contributed by atoms with Crippen LogP contribution in [0.15, 0.2) is 12.1 Å². The van der Waals surface area contributed by atoms with Crippen LogP contribution in [-0.4, -0.2) is 63.4 Å². The van der Waals surface area contributed by atoms with Crippen LogP contribution in [0.25, 0.3) is 0 Å². The van der Waals surface area contributed by atoms with E-state index in [-0.39, 0.29) is 0 Å². The van der Waals surface area contributed by atoms with E-state index in [2.05, 4.69) is 22.8 Å². The first-order valence-electron chi connectivity index (χ1n) is 9.41. The molecule has 1 aromatic carbocycles. The lowest BCUT2D eigenvalue weighted by molar-refractivity contribution is 0.129. The van der Waals surface area contributed by atoms with Crippen molar-refractivity contribution in [2.45, 2.75) is 32.7 Å². The molecular formula is C20H31N3O3. The van der Waals surface area contributed by atoms with Crippen LogP contribution in [0.3, 0.4) is 0 Å². The van der Waals surface area contributed by atoms with Gasteiger partial charge >= 0.3 is 0 Å². The highest BCUT2D eigenvalue weighted by molar-refractivity contribution is 5.53. The number of hydrogen-bond donors (Lipinski definition) is 0. The zero-order chi connectivity index (χ0) is 18.8. The summed E-state index contributed by atoms with van der Waals surface area (Å²) >= 11 is 0. The largest absolute Gasteiger partial charge is 0.493 e. The Morgan fingerprint density at radius 1 is 1.04 bits per heavy atom. The first-order chi connectivity index (χ1) is 12.7. The van der Waals surface area contributed by atoms with Gasteiger partial charge in [-0.25, -0.2) is 0 Å². The van der Waals surface area contributed by atoms with Crippen LogP contribution in [0, 0.1) is 11.3 Å². The molecule has 1 heterocycles. The van der Waals surface area contributed by atoms with Crippen molar-refractivity contribution in [2.24, 2.45) is 0 Å². The second-order valence-electron chi connectivity index (χ2n) is 6.56. The smallest absolute Gasteiger partial charge is 0.203 e. The molecule has 0 unspecified atom stereocenters. The number of methoxy groups -OCH3 is 2. The Morgan fingerprint density at radius 3 is 2.19 bits per heavy atom. The summed E-state index contributed by atoms with van der Waals surface area (Å²) in [5, 5.41) is 8.71. The highest BCUT2D eigenvalue weighted by Gasteiger charge is 2.19. The Balaban J connectivity index is 2.00. The lowest BCUT2D eigenvalue weighted by atomic mass is 10.1. The van der Waals surface area contributed by atoms with E-state index in [0.717, 1.165) is 69.2 Å².